The molecule has 1 saturated heterocycles. The molecule has 1 aliphatic rings. The van der Waals surface area contributed by atoms with Crippen LogP contribution in [0.4, 0.5) is 0 Å². The van der Waals surface area contributed by atoms with Gasteiger partial charge in [0.15, 0.2) is 5.11 Å². The van der Waals surface area contributed by atoms with Gasteiger partial charge in [0, 0.05) is 29.8 Å². The van der Waals surface area contributed by atoms with E-state index in [0.29, 0.717) is 0 Å². The summed E-state index contributed by atoms with van der Waals surface area (Å²) in [6, 6.07) is 17.4. The minimum atomic E-state index is 0.0417. The fourth-order valence-corrected chi connectivity index (χ4v) is 4.82. The molecule has 0 spiro atoms. The highest BCUT2D eigenvalue weighted by Gasteiger charge is 2.40. The van der Waals surface area contributed by atoms with Crippen LogP contribution < -0.4 is 5.32 Å². The molecule has 1 N–H and O–H groups in total. The Bertz CT molecular complexity index is 1010. The van der Waals surface area contributed by atoms with Gasteiger partial charge in [-0.3, -0.25) is 4.98 Å². The molecule has 3 heterocycles. The number of hydrogen-bond acceptors (Lipinski definition) is 2. The lowest BCUT2D eigenvalue weighted by atomic mass is 9.97. The first-order valence-corrected chi connectivity index (χ1v) is 10.7. The molecule has 1 aromatic carbocycles. The van der Waals surface area contributed by atoms with Crippen molar-refractivity contribution in [2.45, 2.75) is 46.2 Å². The normalized spacial score (nSPS) is 18.9. The van der Waals surface area contributed by atoms with Crippen LogP contribution in [0.15, 0.2) is 54.7 Å². The maximum Gasteiger partial charge on any atom is 0.170 e. The summed E-state index contributed by atoms with van der Waals surface area (Å²) < 4.78 is 2.35. The molecule has 0 saturated carbocycles. The standard InChI is InChI=1S/C24H28N4S/c1-5-18-10-12-19(13-11-18)28-16(3)15-20(17(28)4)23-22(21-9-7-8-14-25-21)26-24(29)27(23)6-2/h7-15,22-23H,5-6H2,1-4H3,(H,26,29)/t22-,23-/m1/s1. The van der Waals surface area contributed by atoms with Crippen LogP contribution in [0, 0.1) is 13.8 Å². The third kappa shape index (κ3) is 3.44. The summed E-state index contributed by atoms with van der Waals surface area (Å²) in [6.45, 7) is 9.59. The van der Waals surface area contributed by atoms with Gasteiger partial charge in [-0.2, -0.15) is 0 Å². The van der Waals surface area contributed by atoms with Crippen LogP contribution in [-0.4, -0.2) is 26.1 Å². The van der Waals surface area contributed by atoms with E-state index in [2.05, 4.69) is 83.9 Å². The molecule has 2 aromatic heterocycles. The molecule has 0 bridgehead atoms. The highest BCUT2D eigenvalue weighted by atomic mass is 32.1. The molecule has 0 aliphatic carbocycles. The largest absolute Gasteiger partial charge is 0.352 e. The van der Waals surface area contributed by atoms with Gasteiger partial charge in [0.2, 0.25) is 0 Å². The molecule has 0 unspecified atom stereocenters. The summed E-state index contributed by atoms with van der Waals surface area (Å²) >= 11 is 5.68. The first-order chi connectivity index (χ1) is 14.0. The van der Waals surface area contributed by atoms with E-state index in [-0.39, 0.29) is 12.1 Å². The third-order valence-electron chi connectivity index (χ3n) is 5.93. The zero-order valence-electron chi connectivity index (χ0n) is 17.5. The summed E-state index contributed by atoms with van der Waals surface area (Å²) in [4.78, 5) is 6.90. The molecule has 1 aliphatic heterocycles. The lowest BCUT2D eigenvalue weighted by Gasteiger charge is -2.27. The molecule has 29 heavy (non-hydrogen) atoms. The second-order valence-corrected chi connectivity index (χ2v) is 7.98. The minimum absolute atomic E-state index is 0.0417. The summed E-state index contributed by atoms with van der Waals surface area (Å²) in [5.74, 6) is 0. The molecule has 1 fully saturated rings. The second-order valence-electron chi connectivity index (χ2n) is 7.59. The Balaban J connectivity index is 1.80. The number of hydrogen-bond donors (Lipinski definition) is 1. The van der Waals surface area contributed by atoms with Gasteiger partial charge in [-0.1, -0.05) is 25.1 Å². The van der Waals surface area contributed by atoms with Crippen molar-refractivity contribution in [2.24, 2.45) is 0 Å². The van der Waals surface area contributed by atoms with E-state index in [0.717, 1.165) is 23.8 Å². The maximum absolute atomic E-state index is 5.68. The van der Waals surface area contributed by atoms with Gasteiger partial charge in [0.05, 0.1) is 17.8 Å². The van der Waals surface area contributed by atoms with Gasteiger partial charge in [-0.05, 0) is 80.9 Å². The Hall–Kier alpha value is -2.66. The van der Waals surface area contributed by atoms with Crippen LogP contribution in [-0.2, 0) is 6.42 Å². The summed E-state index contributed by atoms with van der Waals surface area (Å²) in [5.41, 5.74) is 7.36. The highest BCUT2D eigenvalue weighted by Crippen LogP contribution is 2.41. The summed E-state index contributed by atoms with van der Waals surface area (Å²) in [7, 11) is 0. The zero-order chi connectivity index (χ0) is 20.5. The topological polar surface area (TPSA) is 33.1 Å². The van der Waals surface area contributed by atoms with Crippen molar-refractivity contribution in [1.82, 2.24) is 19.8 Å². The highest BCUT2D eigenvalue weighted by molar-refractivity contribution is 7.80. The lowest BCUT2D eigenvalue weighted by Crippen LogP contribution is -2.29. The molecule has 2 atom stereocenters. The molecule has 3 aromatic rings. The van der Waals surface area contributed by atoms with Crippen LogP contribution in [0.5, 0.6) is 0 Å². The molecule has 4 rings (SSSR count). The molecule has 5 heteroatoms. The lowest BCUT2D eigenvalue weighted by molar-refractivity contribution is 0.329. The number of pyridine rings is 1. The van der Waals surface area contributed by atoms with Crippen molar-refractivity contribution in [2.75, 3.05) is 6.54 Å². The minimum Gasteiger partial charge on any atom is -0.352 e. The van der Waals surface area contributed by atoms with Crippen molar-refractivity contribution in [1.29, 1.82) is 0 Å². The Morgan fingerprint density at radius 2 is 1.83 bits per heavy atom. The van der Waals surface area contributed by atoms with E-state index in [9.17, 15) is 0 Å². The first-order valence-electron chi connectivity index (χ1n) is 10.3. The van der Waals surface area contributed by atoms with Gasteiger partial charge in [0.1, 0.15) is 0 Å². The summed E-state index contributed by atoms with van der Waals surface area (Å²) in [6.07, 6.45) is 2.90. The predicted molar refractivity (Wildman–Crippen MR) is 122 cm³/mol. The first kappa shape index (κ1) is 19.6. The van der Waals surface area contributed by atoms with Crippen molar-refractivity contribution < 1.29 is 0 Å². The Kier molecular flexibility index (Phi) is 5.41. The zero-order valence-corrected chi connectivity index (χ0v) is 18.3. The van der Waals surface area contributed by atoms with Crippen LogP contribution in [0.25, 0.3) is 5.69 Å². The fraction of sp³-hybridized carbons (Fsp3) is 0.333. The van der Waals surface area contributed by atoms with Gasteiger partial charge in [0.25, 0.3) is 0 Å². The molecule has 150 valence electrons. The van der Waals surface area contributed by atoms with E-state index in [4.69, 9.17) is 12.2 Å². The van der Waals surface area contributed by atoms with E-state index in [1.807, 2.05) is 18.3 Å². The van der Waals surface area contributed by atoms with Gasteiger partial charge in [-0.15, -0.1) is 0 Å². The molecule has 0 radical (unpaired) electrons. The molecular weight excluding hydrogens is 376 g/mol. The van der Waals surface area contributed by atoms with Crippen LogP contribution in [0.3, 0.4) is 0 Å². The predicted octanol–water partition coefficient (Wildman–Crippen LogP) is 5.04. The van der Waals surface area contributed by atoms with E-state index in [1.54, 1.807) is 0 Å². The SMILES string of the molecule is CCc1ccc(-n2c(C)cc([C@@H]3[C@@H](c4ccccn4)NC(=S)N3CC)c2C)cc1. The monoisotopic (exact) mass is 404 g/mol. The van der Waals surface area contributed by atoms with E-state index >= 15 is 0 Å². The van der Waals surface area contributed by atoms with Crippen LogP contribution in [0.2, 0.25) is 0 Å². The Labute approximate surface area is 178 Å². The van der Waals surface area contributed by atoms with Crippen molar-refractivity contribution in [3.63, 3.8) is 0 Å². The number of likely N-dealkylation sites (N-methyl/N-ethyl adjacent to an activating group) is 1. The maximum atomic E-state index is 5.68. The average Bonchev–Trinajstić information content (AvgIpc) is 3.23. The van der Waals surface area contributed by atoms with E-state index in [1.165, 1.54) is 28.2 Å². The number of thiocarbonyl (C=S) groups is 1. The van der Waals surface area contributed by atoms with Crippen LogP contribution in [0.1, 0.15) is 54.1 Å². The molecular formula is C24H28N4S. The smallest absolute Gasteiger partial charge is 0.170 e. The number of aryl methyl sites for hydroxylation is 2. The summed E-state index contributed by atoms with van der Waals surface area (Å²) in [5, 5.41) is 4.31. The average molecular weight is 405 g/mol. The fourth-order valence-electron chi connectivity index (χ4n) is 4.45. The number of nitrogens with zero attached hydrogens (tertiary/aromatic N) is 3. The third-order valence-corrected chi connectivity index (χ3v) is 6.28. The van der Waals surface area contributed by atoms with Gasteiger partial charge < -0.3 is 14.8 Å². The van der Waals surface area contributed by atoms with Gasteiger partial charge in [-0.25, -0.2) is 0 Å². The Morgan fingerprint density at radius 3 is 2.45 bits per heavy atom. The molecule has 0 amide bonds. The van der Waals surface area contributed by atoms with Crippen molar-refractivity contribution in [3.05, 3.63) is 82.9 Å². The van der Waals surface area contributed by atoms with E-state index < -0.39 is 0 Å². The molecule has 4 nitrogen and oxygen atoms in total. The van der Waals surface area contributed by atoms with Crippen molar-refractivity contribution in [3.8, 4) is 5.69 Å². The van der Waals surface area contributed by atoms with Crippen LogP contribution >= 0.6 is 12.2 Å². The van der Waals surface area contributed by atoms with Crippen molar-refractivity contribution >= 4 is 17.3 Å². The Morgan fingerprint density at radius 1 is 1.07 bits per heavy atom. The van der Waals surface area contributed by atoms with Gasteiger partial charge >= 0.3 is 0 Å². The quantitative estimate of drug-likeness (QED) is 0.604. The second kappa shape index (κ2) is 7.99. The number of rotatable bonds is 5. The number of aromatic nitrogens is 2. The number of nitrogens with one attached hydrogen (secondary N) is 1. The number of benzene rings is 1.